The first-order valence-corrected chi connectivity index (χ1v) is 7.23. The number of aryl methyl sites for hydroxylation is 1. The first-order chi connectivity index (χ1) is 9.36. The highest BCUT2D eigenvalue weighted by Crippen LogP contribution is 2.27. The third kappa shape index (κ3) is 4.32. The smallest absolute Gasteiger partial charge is 0.231 e. The lowest BCUT2D eigenvalue weighted by Crippen LogP contribution is -2.47. The van der Waals surface area contributed by atoms with Crippen LogP contribution in [0.2, 0.25) is 0 Å². The summed E-state index contributed by atoms with van der Waals surface area (Å²) in [5, 5.41) is 0. The van der Waals surface area contributed by atoms with Gasteiger partial charge in [-0.2, -0.15) is 0 Å². The Morgan fingerprint density at radius 2 is 2.00 bits per heavy atom. The Hall–Kier alpha value is -1.39. The molecule has 0 aliphatic carbocycles. The molecular weight excluding hydrogens is 250 g/mol. The van der Waals surface area contributed by atoms with Gasteiger partial charge in [0, 0.05) is 12.1 Å². The highest BCUT2D eigenvalue weighted by Gasteiger charge is 2.28. The van der Waals surface area contributed by atoms with Crippen molar-refractivity contribution in [3.8, 4) is 0 Å². The highest BCUT2D eigenvalue weighted by molar-refractivity contribution is 5.76. The molecule has 4 heteroatoms. The molecule has 20 heavy (non-hydrogen) atoms. The van der Waals surface area contributed by atoms with Crippen LogP contribution in [0.25, 0.3) is 0 Å². The van der Waals surface area contributed by atoms with E-state index in [1.807, 2.05) is 6.07 Å². The van der Waals surface area contributed by atoms with Gasteiger partial charge in [-0.15, -0.1) is 0 Å². The monoisotopic (exact) mass is 277 g/mol. The standard InChI is InChI=1S/C16H27N3O/c1-5-14(17)16(13-8-6-7-12(4)9-13)19(11(2)3)10-15(18)20/h6-9,11,14,16H,5,10,17H2,1-4H3,(H2,18,20). The fraction of sp³-hybridized carbons (Fsp3) is 0.562. The zero-order valence-corrected chi connectivity index (χ0v) is 13.0. The molecular formula is C16H27N3O. The number of rotatable bonds is 7. The van der Waals surface area contributed by atoms with E-state index < -0.39 is 0 Å². The molecule has 0 saturated heterocycles. The van der Waals surface area contributed by atoms with Crippen molar-refractivity contribution in [3.05, 3.63) is 35.4 Å². The van der Waals surface area contributed by atoms with Crippen LogP contribution in [-0.4, -0.2) is 29.4 Å². The van der Waals surface area contributed by atoms with Gasteiger partial charge in [-0.25, -0.2) is 0 Å². The van der Waals surface area contributed by atoms with Crippen molar-refractivity contribution in [3.63, 3.8) is 0 Å². The molecule has 112 valence electrons. The van der Waals surface area contributed by atoms with Gasteiger partial charge in [-0.05, 0) is 32.8 Å². The van der Waals surface area contributed by atoms with Crippen LogP contribution in [0.5, 0.6) is 0 Å². The molecule has 4 nitrogen and oxygen atoms in total. The summed E-state index contributed by atoms with van der Waals surface area (Å²) in [5.74, 6) is -0.320. The van der Waals surface area contributed by atoms with Crippen molar-refractivity contribution in [2.24, 2.45) is 11.5 Å². The SMILES string of the molecule is CCC(N)C(c1cccc(C)c1)N(CC(N)=O)C(C)C. The number of hydrogen-bond acceptors (Lipinski definition) is 3. The van der Waals surface area contributed by atoms with E-state index in [4.69, 9.17) is 11.5 Å². The molecule has 0 fully saturated rings. The number of hydrogen-bond donors (Lipinski definition) is 2. The minimum atomic E-state index is -0.320. The molecule has 1 rings (SSSR count). The Kier molecular flexibility index (Phi) is 6.17. The number of nitrogens with zero attached hydrogens (tertiary/aromatic N) is 1. The van der Waals surface area contributed by atoms with Crippen molar-refractivity contribution in [1.29, 1.82) is 0 Å². The predicted octanol–water partition coefficient (Wildman–Crippen LogP) is 1.97. The summed E-state index contributed by atoms with van der Waals surface area (Å²) in [6, 6.07) is 8.48. The number of nitrogens with two attached hydrogens (primary N) is 2. The molecule has 0 radical (unpaired) electrons. The van der Waals surface area contributed by atoms with Gasteiger partial charge in [0.15, 0.2) is 0 Å². The maximum atomic E-state index is 11.4. The molecule has 4 N–H and O–H groups in total. The van der Waals surface area contributed by atoms with Crippen LogP contribution >= 0.6 is 0 Å². The first kappa shape index (κ1) is 16.7. The van der Waals surface area contributed by atoms with Gasteiger partial charge >= 0.3 is 0 Å². The fourth-order valence-corrected chi connectivity index (χ4v) is 2.54. The summed E-state index contributed by atoms with van der Waals surface area (Å²) in [6.45, 7) is 8.48. The number of carbonyl (C=O) groups is 1. The maximum absolute atomic E-state index is 11.4. The highest BCUT2D eigenvalue weighted by atomic mass is 16.1. The van der Waals surface area contributed by atoms with Crippen molar-refractivity contribution in [2.45, 2.75) is 52.2 Å². The Labute approximate surface area is 122 Å². The summed E-state index contributed by atoms with van der Waals surface area (Å²) in [7, 11) is 0. The van der Waals surface area contributed by atoms with E-state index >= 15 is 0 Å². The lowest BCUT2D eigenvalue weighted by atomic mass is 9.94. The van der Waals surface area contributed by atoms with E-state index in [-0.39, 0.29) is 30.6 Å². The molecule has 2 unspecified atom stereocenters. The van der Waals surface area contributed by atoms with Crippen molar-refractivity contribution in [1.82, 2.24) is 4.90 Å². The molecule has 0 saturated carbocycles. The zero-order chi connectivity index (χ0) is 15.3. The second kappa shape index (κ2) is 7.41. The van der Waals surface area contributed by atoms with Crippen molar-refractivity contribution < 1.29 is 4.79 Å². The topological polar surface area (TPSA) is 72.3 Å². The van der Waals surface area contributed by atoms with Crippen LogP contribution in [0.15, 0.2) is 24.3 Å². The number of benzene rings is 1. The quantitative estimate of drug-likeness (QED) is 0.800. The second-order valence-electron chi connectivity index (χ2n) is 5.66. The molecule has 0 spiro atoms. The summed E-state index contributed by atoms with van der Waals surface area (Å²) in [6.07, 6.45) is 0.848. The Bertz CT molecular complexity index is 445. The molecule has 0 aliphatic heterocycles. The van der Waals surface area contributed by atoms with Crippen molar-refractivity contribution in [2.75, 3.05) is 6.54 Å². The van der Waals surface area contributed by atoms with Crippen LogP contribution in [0.1, 0.15) is 44.4 Å². The summed E-state index contributed by atoms with van der Waals surface area (Å²) in [4.78, 5) is 13.5. The summed E-state index contributed by atoms with van der Waals surface area (Å²) in [5.41, 5.74) is 14.1. The number of amides is 1. The van der Waals surface area contributed by atoms with Gasteiger partial charge in [0.1, 0.15) is 0 Å². The summed E-state index contributed by atoms with van der Waals surface area (Å²) < 4.78 is 0. The fourth-order valence-electron chi connectivity index (χ4n) is 2.54. The van der Waals surface area contributed by atoms with Crippen LogP contribution < -0.4 is 11.5 Å². The first-order valence-electron chi connectivity index (χ1n) is 7.23. The molecule has 1 amide bonds. The predicted molar refractivity (Wildman–Crippen MR) is 83.2 cm³/mol. The largest absolute Gasteiger partial charge is 0.369 e. The number of carbonyl (C=O) groups excluding carboxylic acids is 1. The Morgan fingerprint density at radius 1 is 1.35 bits per heavy atom. The van der Waals surface area contributed by atoms with E-state index in [1.165, 1.54) is 5.56 Å². The lowest BCUT2D eigenvalue weighted by Gasteiger charge is -2.37. The van der Waals surface area contributed by atoms with E-state index in [9.17, 15) is 4.79 Å². The Balaban J connectivity index is 3.18. The molecule has 1 aromatic carbocycles. The zero-order valence-electron chi connectivity index (χ0n) is 13.0. The molecule has 2 atom stereocenters. The average Bonchev–Trinajstić information content (AvgIpc) is 2.37. The van der Waals surface area contributed by atoms with Gasteiger partial charge in [0.25, 0.3) is 0 Å². The molecule has 0 aliphatic rings. The van der Waals surface area contributed by atoms with Gasteiger partial charge in [0.2, 0.25) is 5.91 Å². The second-order valence-corrected chi connectivity index (χ2v) is 5.66. The van der Waals surface area contributed by atoms with Gasteiger partial charge in [0.05, 0.1) is 12.6 Å². The minimum Gasteiger partial charge on any atom is -0.369 e. The van der Waals surface area contributed by atoms with Crippen LogP contribution in [-0.2, 0) is 4.79 Å². The average molecular weight is 277 g/mol. The Morgan fingerprint density at radius 3 is 2.45 bits per heavy atom. The van der Waals surface area contributed by atoms with E-state index in [2.05, 4.69) is 50.8 Å². The molecule has 0 heterocycles. The summed E-state index contributed by atoms with van der Waals surface area (Å²) >= 11 is 0. The van der Waals surface area contributed by atoms with Crippen molar-refractivity contribution >= 4 is 5.91 Å². The van der Waals surface area contributed by atoms with Gasteiger partial charge < -0.3 is 11.5 Å². The molecule has 1 aromatic rings. The van der Waals surface area contributed by atoms with Gasteiger partial charge in [-0.1, -0.05) is 36.8 Å². The van der Waals surface area contributed by atoms with Crippen LogP contribution in [0, 0.1) is 6.92 Å². The lowest BCUT2D eigenvalue weighted by molar-refractivity contribution is -0.120. The third-order valence-electron chi connectivity index (χ3n) is 3.62. The van der Waals surface area contributed by atoms with Gasteiger partial charge in [-0.3, -0.25) is 9.69 Å². The van der Waals surface area contributed by atoms with Crippen LogP contribution in [0.3, 0.4) is 0 Å². The van der Waals surface area contributed by atoms with E-state index in [1.54, 1.807) is 0 Å². The molecule has 0 bridgehead atoms. The minimum absolute atomic E-state index is 0.00685. The number of primary amides is 1. The third-order valence-corrected chi connectivity index (χ3v) is 3.62. The normalized spacial score (nSPS) is 14.6. The molecule has 0 aromatic heterocycles. The van der Waals surface area contributed by atoms with E-state index in [0.29, 0.717) is 0 Å². The van der Waals surface area contributed by atoms with E-state index in [0.717, 1.165) is 12.0 Å². The van der Waals surface area contributed by atoms with Crippen LogP contribution in [0.4, 0.5) is 0 Å². The maximum Gasteiger partial charge on any atom is 0.231 e.